The molecule has 2 aromatic rings. The topological polar surface area (TPSA) is 38.5 Å². The monoisotopic (exact) mass is 292 g/mol. The van der Waals surface area contributed by atoms with Crippen molar-refractivity contribution in [1.82, 2.24) is 4.90 Å². The molecule has 0 aliphatic carbocycles. The van der Waals surface area contributed by atoms with Crippen LogP contribution < -0.4 is 5.73 Å². The first kappa shape index (κ1) is 15.4. The van der Waals surface area contributed by atoms with Crippen LogP contribution in [0.5, 0.6) is 0 Å². The first-order valence-corrected chi connectivity index (χ1v) is 8.01. The number of benzene rings is 1. The standard InChI is InChI=1S/C16H24N2OS/c1-4-18(12(2)10-19-3)15(9-17)14-11-20-16-8-6-5-7-13(14)16/h5-8,11-12,15H,4,9-10,17H2,1-3H3. The van der Waals surface area contributed by atoms with Crippen LogP contribution in [0.1, 0.15) is 25.5 Å². The van der Waals surface area contributed by atoms with Crippen molar-refractivity contribution in [1.29, 1.82) is 0 Å². The fraction of sp³-hybridized carbons (Fsp3) is 0.500. The molecule has 0 aliphatic heterocycles. The number of methoxy groups -OCH3 is 1. The molecule has 0 bridgehead atoms. The maximum atomic E-state index is 6.09. The molecule has 1 aromatic carbocycles. The molecule has 0 amide bonds. The van der Waals surface area contributed by atoms with Gasteiger partial charge in [0.05, 0.1) is 6.61 Å². The number of nitrogens with two attached hydrogens (primary N) is 1. The fourth-order valence-electron chi connectivity index (χ4n) is 2.87. The Morgan fingerprint density at radius 2 is 2.10 bits per heavy atom. The Bertz CT molecular complexity index is 540. The molecular formula is C16H24N2OS. The summed E-state index contributed by atoms with van der Waals surface area (Å²) in [6.07, 6.45) is 0. The third kappa shape index (κ3) is 3.04. The molecule has 0 spiro atoms. The van der Waals surface area contributed by atoms with E-state index in [4.69, 9.17) is 10.5 Å². The van der Waals surface area contributed by atoms with Gasteiger partial charge in [-0.05, 0) is 35.9 Å². The molecule has 3 nitrogen and oxygen atoms in total. The molecule has 2 unspecified atom stereocenters. The highest BCUT2D eigenvalue weighted by atomic mass is 32.1. The van der Waals surface area contributed by atoms with Crippen LogP contribution in [0, 0.1) is 0 Å². The Labute approximate surface area is 125 Å². The van der Waals surface area contributed by atoms with Crippen molar-refractivity contribution >= 4 is 21.4 Å². The molecule has 0 saturated carbocycles. The van der Waals surface area contributed by atoms with E-state index in [0.717, 1.165) is 13.2 Å². The van der Waals surface area contributed by atoms with E-state index in [-0.39, 0.29) is 6.04 Å². The maximum absolute atomic E-state index is 6.09. The number of ether oxygens (including phenoxy) is 1. The third-order valence-corrected chi connectivity index (χ3v) is 4.81. The minimum absolute atomic E-state index is 0.251. The number of hydrogen-bond donors (Lipinski definition) is 1. The first-order chi connectivity index (χ1) is 9.72. The van der Waals surface area contributed by atoms with Gasteiger partial charge in [-0.1, -0.05) is 25.1 Å². The third-order valence-electron chi connectivity index (χ3n) is 3.83. The summed E-state index contributed by atoms with van der Waals surface area (Å²) in [6, 6.07) is 9.16. The van der Waals surface area contributed by atoms with Crippen LogP contribution in [0.25, 0.3) is 10.1 Å². The zero-order valence-corrected chi connectivity index (χ0v) is 13.3. The second kappa shape index (κ2) is 7.18. The highest BCUT2D eigenvalue weighted by Crippen LogP contribution is 2.33. The Balaban J connectivity index is 2.35. The van der Waals surface area contributed by atoms with Gasteiger partial charge < -0.3 is 10.5 Å². The average Bonchev–Trinajstić information content (AvgIpc) is 2.88. The van der Waals surface area contributed by atoms with Crippen molar-refractivity contribution < 1.29 is 4.74 Å². The normalized spacial score (nSPS) is 14.8. The van der Waals surface area contributed by atoms with Crippen LogP contribution in [-0.2, 0) is 4.74 Å². The highest BCUT2D eigenvalue weighted by molar-refractivity contribution is 7.17. The van der Waals surface area contributed by atoms with Gasteiger partial charge >= 0.3 is 0 Å². The lowest BCUT2D eigenvalue weighted by Gasteiger charge is -2.34. The molecule has 2 N–H and O–H groups in total. The van der Waals surface area contributed by atoms with Crippen LogP contribution in [-0.4, -0.2) is 37.7 Å². The van der Waals surface area contributed by atoms with Gasteiger partial charge in [-0.3, -0.25) is 4.90 Å². The van der Waals surface area contributed by atoms with Gasteiger partial charge in [0.25, 0.3) is 0 Å². The van der Waals surface area contributed by atoms with Crippen molar-refractivity contribution in [3.05, 3.63) is 35.2 Å². The number of rotatable bonds is 7. The number of thiophene rings is 1. The van der Waals surface area contributed by atoms with Gasteiger partial charge in [0.1, 0.15) is 0 Å². The number of hydrogen-bond acceptors (Lipinski definition) is 4. The maximum Gasteiger partial charge on any atom is 0.0615 e. The zero-order valence-electron chi connectivity index (χ0n) is 12.5. The first-order valence-electron chi connectivity index (χ1n) is 7.13. The number of fused-ring (bicyclic) bond motifs is 1. The lowest BCUT2D eigenvalue weighted by atomic mass is 10.0. The molecule has 2 rings (SSSR count). The predicted octanol–water partition coefficient (Wildman–Crippen LogP) is 3.26. The van der Waals surface area contributed by atoms with Crippen LogP contribution in [0.3, 0.4) is 0 Å². The van der Waals surface area contributed by atoms with Crippen LogP contribution in [0.4, 0.5) is 0 Å². The van der Waals surface area contributed by atoms with E-state index < -0.39 is 0 Å². The number of likely N-dealkylation sites (N-methyl/N-ethyl adjacent to an activating group) is 1. The molecule has 4 heteroatoms. The smallest absolute Gasteiger partial charge is 0.0615 e. The summed E-state index contributed by atoms with van der Waals surface area (Å²) in [6.45, 7) is 6.71. The van der Waals surface area contributed by atoms with E-state index in [1.807, 2.05) is 0 Å². The van der Waals surface area contributed by atoms with E-state index in [1.54, 1.807) is 18.4 Å². The van der Waals surface area contributed by atoms with E-state index in [1.165, 1.54) is 15.6 Å². The van der Waals surface area contributed by atoms with Gasteiger partial charge in [-0.2, -0.15) is 0 Å². The number of nitrogens with zero attached hydrogens (tertiary/aromatic N) is 1. The molecule has 20 heavy (non-hydrogen) atoms. The predicted molar refractivity (Wildman–Crippen MR) is 87.3 cm³/mol. The van der Waals surface area contributed by atoms with Crippen molar-refractivity contribution in [2.45, 2.75) is 25.9 Å². The Hall–Kier alpha value is -0.940. The summed E-state index contributed by atoms with van der Waals surface area (Å²) in [7, 11) is 1.75. The van der Waals surface area contributed by atoms with E-state index >= 15 is 0 Å². The molecule has 0 radical (unpaired) electrons. The average molecular weight is 292 g/mol. The Morgan fingerprint density at radius 1 is 1.35 bits per heavy atom. The summed E-state index contributed by atoms with van der Waals surface area (Å²) in [5.74, 6) is 0. The molecule has 0 saturated heterocycles. The summed E-state index contributed by atoms with van der Waals surface area (Å²) in [4.78, 5) is 2.43. The van der Waals surface area contributed by atoms with Crippen molar-refractivity contribution in [3.8, 4) is 0 Å². The fourth-order valence-corrected chi connectivity index (χ4v) is 3.88. The van der Waals surface area contributed by atoms with Crippen molar-refractivity contribution in [2.75, 3.05) is 26.8 Å². The second-order valence-electron chi connectivity index (χ2n) is 5.07. The minimum Gasteiger partial charge on any atom is -0.383 e. The van der Waals surface area contributed by atoms with Crippen LogP contribution in [0.2, 0.25) is 0 Å². The van der Waals surface area contributed by atoms with Crippen LogP contribution in [0.15, 0.2) is 29.6 Å². The minimum atomic E-state index is 0.251. The van der Waals surface area contributed by atoms with Crippen LogP contribution >= 0.6 is 11.3 Å². The molecule has 1 aromatic heterocycles. The van der Waals surface area contributed by atoms with Gasteiger partial charge in [-0.15, -0.1) is 11.3 Å². The zero-order chi connectivity index (χ0) is 14.5. The SMILES string of the molecule is CCN(C(C)COC)C(CN)c1csc2ccccc12. The Morgan fingerprint density at radius 3 is 2.75 bits per heavy atom. The van der Waals surface area contributed by atoms with Gasteiger partial charge in [0.15, 0.2) is 0 Å². The molecule has 1 heterocycles. The van der Waals surface area contributed by atoms with E-state index in [0.29, 0.717) is 12.6 Å². The molecule has 110 valence electrons. The summed E-state index contributed by atoms with van der Waals surface area (Å²) >= 11 is 1.80. The Kier molecular flexibility index (Phi) is 5.54. The highest BCUT2D eigenvalue weighted by Gasteiger charge is 2.24. The lowest BCUT2D eigenvalue weighted by Crippen LogP contribution is -2.42. The van der Waals surface area contributed by atoms with Crippen molar-refractivity contribution in [3.63, 3.8) is 0 Å². The lowest BCUT2D eigenvalue weighted by molar-refractivity contribution is 0.0757. The summed E-state index contributed by atoms with van der Waals surface area (Å²) < 4.78 is 6.64. The summed E-state index contributed by atoms with van der Waals surface area (Å²) in [5.41, 5.74) is 7.43. The molecule has 2 atom stereocenters. The van der Waals surface area contributed by atoms with Gasteiger partial charge in [0.2, 0.25) is 0 Å². The van der Waals surface area contributed by atoms with E-state index in [2.05, 4.69) is 48.4 Å². The molecule has 0 fully saturated rings. The van der Waals surface area contributed by atoms with Crippen molar-refractivity contribution in [2.24, 2.45) is 5.73 Å². The quantitative estimate of drug-likeness (QED) is 0.851. The second-order valence-corrected chi connectivity index (χ2v) is 5.98. The van der Waals surface area contributed by atoms with Gasteiger partial charge in [-0.25, -0.2) is 0 Å². The largest absolute Gasteiger partial charge is 0.383 e. The van der Waals surface area contributed by atoms with Gasteiger partial charge in [0, 0.05) is 30.4 Å². The molecular weight excluding hydrogens is 268 g/mol. The van der Waals surface area contributed by atoms with E-state index in [9.17, 15) is 0 Å². The molecule has 0 aliphatic rings. The summed E-state index contributed by atoms with van der Waals surface area (Å²) in [5, 5.41) is 3.58.